The molecule has 2 rings (SSSR count). The van der Waals surface area contributed by atoms with Crippen LogP contribution in [0, 0.1) is 11.8 Å². The highest BCUT2D eigenvalue weighted by atomic mass is 32.1. The maximum atomic E-state index is 12.8. The Labute approximate surface area is 176 Å². The quantitative estimate of drug-likeness (QED) is 0.648. The van der Waals surface area contributed by atoms with Crippen molar-refractivity contribution in [3.05, 3.63) is 24.3 Å². The highest BCUT2D eigenvalue weighted by Crippen LogP contribution is 2.28. The fraction of sp³-hybridized carbons (Fsp3) is 0.524. The van der Waals surface area contributed by atoms with Crippen LogP contribution in [0.3, 0.4) is 0 Å². The molecule has 0 fully saturated rings. The molecule has 2 N–H and O–H groups in total. The van der Waals surface area contributed by atoms with Gasteiger partial charge in [-0.25, -0.2) is 0 Å². The first kappa shape index (κ1) is 22.8. The van der Waals surface area contributed by atoms with Crippen molar-refractivity contribution in [2.24, 2.45) is 11.8 Å². The Morgan fingerprint density at radius 3 is 2.31 bits per heavy atom. The lowest BCUT2D eigenvalue weighted by Crippen LogP contribution is -2.47. The van der Waals surface area contributed by atoms with Gasteiger partial charge in [0.05, 0.1) is 0 Å². The predicted octanol–water partition coefficient (Wildman–Crippen LogP) is 3.79. The number of nitrogens with one attached hydrogen (secondary N) is 2. The van der Waals surface area contributed by atoms with Gasteiger partial charge in [-0.3, -0.25) is 14.9 Å². The number of carbonyl (C=O) groups is 2. The van der Waals surface area contributed by atoms with Crippen LogP contribution < -0.4 is 15.5 Å². The van der Waals surface area contributed by atoms with E-state index in [0.717, 1.165) is 22.7 Å². The molecule has 8 heteroatoms. The number of amides is 2. The molecular formula is C21H31N5O2S. The predicted molar refractivity (Wildman–Crippen MR) is 119 cm³/mol. The average molecular weight is 418 g/mol. The van der Waals surface area contributed by atoms with Crippen LogP contribution in [0.4, 0.5) is 10.8 Å². The summed E-state index contributed by atoms with van der Waals surface area (Å²) in [6.07, 6.45) is 1.17. The minimum Gasteiger partial charge on any atom is -0.378 e. The lowest BCUT2D eigenvalue weighted by atomic mass is 9.97. The number of benzene rings is 1. The van der Waals surface area contributed by atoms with E-state index in [9.17, 15) is 9.59 Å². The molecule has 0 saturated carbocycles. The summed E-state index contributed by atoms with van der Waals surface area (Å²) in [6.45, 7) is 7.91. The van der Waals surface area contributed by atoms with Crippen LogP contribution in [-0.4, -0.2) is 42.1 Å². The van der Waals surface area contributed by atoms with Gasteiger partial charge in [0.15, 0.2) is 0 Å². The minimum absolute atomic E-state index is 0.0112. The van der Waals surface area contributed by atoms with E-state index in [-0.39, 0.29) is 23.7 Å². The monoisotopic (exact) mass is 417 g/mol. The molecule has 0 aliphatic carbocycles. The van der Waals surface area contributed by atoms with Crippen LogP contribution in [0.15, 0.2) is 24.3 Å². The molecule has 29 heavy (non-hydrogen) atoms. The summed E-state index contributed by atoms with van der Waals surface area (Å²) >= 11 is 1.31. The molecule has 0 unspecified atom stereocenters. The Morgan fingerprint density at radius 1 is 1.10 bits per heavy atom. The Kier molecular flexibility index (Phi) is 8.13. The molecule has 2 aromatic rings. The van der Waals surface area contributed by atoms with E-state index in [1.165, 1.54) is 11.3 Å². The molecule has 0 aliphatic heterocycles. The van der Waals surface area contributed by atoms with Crippen LogP contribution in [-0.2, 0) is 9.59 Å². The van der Waals surface area contributed by atoms with Crippen LogP contribution in [0.5, 0.6) is 0 Å². The standard InChI is InChI=1S/C21H31N5O2S/c1-7-14(4)18(22-17(27)12-13(2)3)19(28)23-21-25-24-20(29-21)15-8-10-16(11-9-15)26(5)6/h8-11,13-14,18H,7,12H2,1-6H3,(H,22,27)(H,23,25,28)/t14-,18-/m0/s1. The first-order chi connectivity index (χ1) is 13.7. The van der Waals surface area contributed by atoms with Gasteiger partial charge in [0.25, 0.3) is 0 Å². The number of aromatic nitrogens is 2. The maximum absolute atomic E-state index is 12.8. The highest BCUT2D eigenvalue weighted by molar-refractivity contribution is 7.18. The number of nitrogens with zero attached hydrogens (tertiary/aromatic N) is 3. The summed E-state index contributed by atoms with van der Waals surface area (Å²) in [5, 5.41) is 15.1. The summed E-state index contributed by atoms with van der Waals surface area (Å²) < 4.78 is 0. The first-order valence-corrected chi connectivity index (χ1v) is 10.7. The molecule has 2 amide bonds. The maximum Gasteiger partial charge on any atom is 0.249 e. The fourth-order valence-corrected chi connectivity index (χ4v) is 3.53. The number of rotatable bonds is 9. The fourth-order valence-electron chi connectivity index (χ4n) is 2.78. The van der Waals surface area contributed by atoms with Crippen LogP contribution in [0.2, 0.25) is 0 Å². The Bertz CT molecular complexity index is 817. The van der Waals surface area contributed by atoms with Gasteiger partial charge in [-0.15, -0.1) is 10.2 Å². The molecule has 2 atom stereocenters. The molecule has 158 valence electrons. The molecule has 0 radical (unpaired) electrons. The lowest BCUT2D eigenvalue weighted by Gasteiger charge is -2.23. The third kappa shape index (κ3) is 6.52. The van der Waals surface area contributed by atoms with E-state index >= 15 is 0 Å². The third-order valence-electron chi connectivity index (χ3n) is 4.69. The van der Waals surface area contributed by atoms with Gasteiger partial charge in [0, 0.05) is 31.8 Å². The molecular weight excluding hydrogens is 386 g/mol. The Hall–Kier alpha value is -2.48. The van der Waals surface area contributed by atoms with Crippen LogP contribution >= 0.6 is 11.3 Å². The SMILES string of the molecule is CC[C@H](C)[C@H](NC(=O)CC(C)C)C(=O)Nc1nnc(-c2ccc(N(C)C)cc2)s1. The molecule has 0 aliphatic rings. The van der Waals surface area contributed by atoms with E-state index in [0.29, 0.717) is 11.6 Å². The zero-order valence-electron chi connectivity index (χ0n) is 18.0. The summed E-state index contributed by atoms with van der Waals surface area (Å²) in [5.41, 5.74) is 2.04. The third-order valence-corrected chi connectivity index (χ3v) is 5.58. The molecule has 0 bridgehead atoms. The zero-order chi connectivity index (χ0) is 21.6. The average Bonchev–Trinajstić information content (AvgIpc) is 3.13. The lowest BCUT2D eigenvalue weighted by molar-refractivity contribution is -0.128. The molecule has 1 aromatic heterocycles. The van der Waals surface area contributed by atoms with Crippen molar-refractivity contribution < 1.29 is 9.59 Å². The van der Waals surface area contributed by atoms with Crippen molar-refractivity contribution in [2.45, 2.75) is 46.6 Å². The number of carbonyl (C=O) groups excluding carboxylic acids is 2. The van der Waals surface area contributed by atoms with E-state index in [1.807, 2.05) is 71.0 Å². The summed E-state index contributed by atoms with van der Waals surface area (Å²) in [4.78, 5) is 27.0. The molecule has 1 heterocycles. The number of hydrogen-bond acceptors (Lipinski definition) is 6. The van der Waals surface area contributed by atoms with Crippen molar-refractivity contribution in [1.29, 1.82) is 0 Å². The number of hydrogen-bond donors (Lipinski definition) is 2. The topological polar surface area (TPSA) is 87.2 Å². The van der Waals surface area contributed by atoms with Crippen molar-refractivity contribution in [3.8, 4) is 10.6 Å². The van der Waals surface area contributed by atoms with Gasteiger partial charge in [0.1, 0.15) is 11.0 Å². The molecule has 1 aromatic carbocycles. The van der Waals surface area contributed by atoms with Crippen LogP contribution in [0.1, 0.15) is 40.5 Å². The van der Waals surface area contributed by atoms with Crippen molar-refractivity contribution in [2.75, 3.05) is 24.3 Å². The van der Waals surface area contributed by atoms with Crippen LogP contribution in [0.25, 0.3) is 10.6 Å². The second-order valence-electron chi connectivity index (χ2n) is 7.87. The molecule has 7 nitrogen and oxygen atoms in total. The van der Waals surface area contributed by atoms with Gasteiger partial charge in [-0.05, 0) is 36.1 Å². The first-order valence-electron chi connectivity index (χ1n) is 9.92. The second-order valence-corrected chi connectivity index (χ2v) is 8.85. The Balaban J connectivity index is 2.08. The van der Waals surface area contributed by atoms with E-state index in [4.69, 9.17) is 0 Å². The molecule has 0 saturated heterocycles. The Morgan fingerprint density at radius 2 is 1.76 bits per heavy atom. The highest BCUT2D eigenvalue weighted by Gasteiger charge is 2.27. The van der Waals surface area contributed by atoms with Crippen molar-refractivity contribution >= 4 is 34.0 Å². The largest absolute Gasteiger partial charge is 0.378 e. The van der Waals surface area contributed by atoms with E-state index in [2.05, 4.69) is 20.8 Å². The van der Waals surface area contributed by atoms with Crippen molar-refractivity contribution in [1.82, 2.24) is 15.5 Å². The zero-order valence-corrected chi connectivity index (χ0v) is 18.8. The van der Waals surface area contributed by atoms with E-state index < -0.39 is 6.04 Å². The van der Waals surface area contributed by atoms with E-state index in [1.54, 1.807) is 0 Å². The normalized spacial score (nSPS) is 13.1. The van der Waals surface area contributed by atoms with Crippen molar-refractivity contribution in [3.63, 3.8) is 0 Å². The second kappa shape index (κ2) is 10.3. The van der Waals surface area contributed by atoms with Gasteiger partial charge in [-0.1, -0.05) is 45.5 Å². The summed E-state index contributed by atoms with van der Waals surface area (Å²) in [7, 11) is 3.97. The summed E-state index contributed by atoms with van der Waals surface area (Å²) in [6, 6.07) is 7.39. The van der Waals surface area contributed by atoms with Gasteiger partial charge in [0.2, 0.25) is 16.9 Å². The number of anilines is 2. The molecule has 0 spiro atoms. The minimum atomic E-state index is -0.599. The smallest absolute Gasteiger partial charge is 0.249 e. The van der Waals surface area contributed by atoms with Gasteiger partial charge < -0.3 is 10.2 Å². The van der Waals surface area contributed by atoms with Gasteiger partial charge >= 0.3 is 0 Å². The van der Waals surface area contributed by atoms with Gasteiger partial charge in [-0.2, -0.15) is 0 Å². The summed E-state index contributed by atoms with van der Waals surface area (Å²) in [5.74, 6) is -0.126.